The summed E-state index contributed by atoms with van der Waals surface area (Å²) in [6.07, 6.45) is 4.75. The molecule has 2 amide bonds. The molecule has 0 saturated carbocycles. The predicted octanol–water partition coefficient (Wildman–Crippen LogP) is 4.72. The summed E-state index contributed by atoms with van der Waals surface area (Å²) < 4.78 is 0.409. The zero-order chi connectivity index (χ0) is 21.4. The smallest absolute Gasteiger partial charge is 0.271 e. The number of halogens is 1. The molecule has 1 fully saturated rings. The monoisotopic (exact) mass is 479 g/mol. The summed E-state index contributed by atoms with van der Waals surface area (Å²) in [5, 5.41) is 15.3. The van der Waals surface area contributed by atoms with Crippen molar-refractivity contribution in [1.82, 2.24) is 10.2 Å². The highest BCUT2D eigenvalue weighted by Crippen LogP contribution is 2.31. The molecule has 0 radical (unpaired) electrons. The molecule has 0 spiro atoms. The number of carbonyl (C=O) groups excluding carboxylic acids is 2. The number of nitro benzene ring substituents is 1. The minimum Gasteiger partial charge on any atom is -0.337 e. The molecule has 1 aliphatic rings. The second-order valence-corrected chi connectivity index (χ2v) is 8.10. The van der Waals surface area contributed by atoms with Crippen LogP contribution >= 0.6 is 27.7 Å². The highest BCUT2D eigenvalue weighted by atomic mass is 79.9. The van der Waals surface area contributed by atoms with Crippen LogP contribution in [0.4, 0.5) is 5.69 Å². The second-order valence-electron chi connectivity index (χ2n) is 6.31. The summed E-state index contributed by atoms with van der Waals surface area (Å²) >= 11 is 4.74. The Hall–Kier alpha value is -2.39. The molecule has 0 atom stereocenters. The Morgan fingerprint density at radius 1 is 1.24 bits per heavy atom. The van der Waals surface area contributed by atoms with Crippen LogP contribution in [0.15, 0.2) is 57.4 Å². The topological polar surface area (TPSA) is 92.5 Å². The Labute approximate surface area is 182 Å². The van der Waals surface area contributed by atoms with Crippen LogP contribution in [0.1, 0.15) is 36.5 Å². The first-order valence-corrected chi connectivity index (χ1v) is 10.7. The van der Waals surface area contributed by atoms with Gasteiger partial charge < -0.3 is 10.2 Å². The van der Waals surface area contributed by atoms with Crippen molar-refractivity contribution in [3.05, 3.63) is 73.1 Å². The van der Waals surface area contributed by atoms with Gasteiger partial charge in [-0.3, -0.25) is 19.7 Å². The number of allylic oxidation sites excluding steroid dienone is 2. The molecule has 1 aromatic carbocycles. The third-order valence-corrected chi connectivity index (χ3v) is 6.28. The van der Waals surface area contributed by atoms with E-state index in [0.29, 0.717) is 22.5 Å². The van der Waals surface area contributed by atoms with Crippen molar-refractivity contribution in [2.75, 3.05) is 13.1 Å². The summed E-state index contributed by atoms with van der Waals surface area (Å²) in [6, 6.07) is 5.21. The largest absolute Gasteiger partial charge is 0.337 e. The number of likely N-dealkylation sites (tertiary alicyclic amines) is 1. The predicted molar refractivity (Wildman–Crippen MR) is 118 cm³/mol. The number of amides is 2. The first kappa shape index (κ1) is 22.9. The molecule has 1 aliphatic heterocycles. The van der Waals surface area contributed by atoms with Gasteiger partial charge in [-0.25, -0.2) is 0 Å². The van der Waals surface area contributed by atoms with E-state index >= 15 is 0 Å². The summed E-state index contributed by atoms with van der Waals surface area (Å²) in [7, 11) is 0. The standard InChI is InChI=1S/C20H22BrN3O4S/c1-3-13-29-14(2)17(21)18(20(26)23-11-5-4-6-12-23)22-19(25)15-7-9-16(10-8-15)24(27)28/h3,7-10,13H,2,4-6,11-12H2,1H3,(H,22,25)/b13-3-,18-17+. The van der Waals surface area contributed by atoms with E-state index < -0.39 is 10.8 Å². The van der Waals surface area contributed by atoms with E-state index in [0.717, 1.165) is 19.3 Å². The lowest BCUT2D eigenvalue weighted by atomic mass is 10.1. The molecular weight excluding hydrogens is 458 g/mol. The van der Waals surface area contributed by atoms with E-state index in [4.69, 9.17) is 0 Å². The number of piperidine rings is 1. The van der Waals surface area contributed by atoms with Crippen LogP contribution in [0, 0.1) is 10.1 Å². The minimum absolute atomic E-state index is 0.109. The van der Waals surface area contributed by atoms with Gasteiger partial charge >= 0.3 is 0 Å². The lowest BCUT2D eigenvalue weighted by molar-refractivity contribution is -0.384. The summed E-state index contributed by atoms with van der Waals surface area (Å²) in [5.74, 6) is -0.810. The van der Waals surface area contributed by atoms with Gasteiger partial charge in [0.05, 0.1) is 9.41 Å². The van der Waals surface area contributed by atoms with Crippen LogP contribution in [-0.2, 0) is 4.79 Å². The van der Waals surface area contributed by atoms with Gasteiger partial charge in [-0.1, -0.05) is 24.4 Å². The van der Waals surface area contributed by atoms with Crippen molar-refractivity contribution < 1.29 is 14.5 Å². The van der Waals surface area contributed by atoms with E-state index in [2.05, 4.69) is 27.8 Å². The lowest BCUT2D eigenvalue weighted by Gasteiger charge is -2.28. The van der Waals surface area contributed by atoms with Crippen LogP contribution in [0.25, 0.3) is 0 Å². The second kappa shape index (κ2) is 11.0. The molecule has 1 saturated heterocycles. The van der Waals surface area contributed by atoms with Gasteiger partial charge in [0.2, 0.25) is 0 Å². The molecule has 0 aliphatic carbocycles. The van der Waals surface area contributed by atoms with Gasteiger partial charge in [0.15, 0.2) is 0 Å². The van der Waals surface area contributed by atoms with E-state index in [9.17, 15) is 19.7 Å². The number of nitrogens with one attached hydrogen (secondary N) is 1. The number of benzene rings is 1. The van der Waals surface area contributed by atoms with Gasteiger partial charge in [0.1, 0.15) is 5.70 Å². The van der Waals surface area contributed by atoms with Gasteiger partial charge in [-0.2, -0.15) is 0 Å². The number of rotatable bonds is 7. The van der Waals surface area contributed by atoms with E-state index in [-0.39, 0.29) is 22.9 Å². The number of hydrogen-bond donors (Lipinski definition) is 1. The molecule has 1 N–H and O–H groups in total. The zero-order valence-electron chi connectivity index (χ0n) is 16.0. The maximum atomic E-state index is 13.1. The number of carbonyl (C=O) groups is 2. The Bertz CT molecular complexity index is 859. The molecule has 154 valence electrons. The highest BCUT2D eigenvalue weighted by Gasteiger charge is 2.25. The number of non-ortho nitro benzene ring substituents is 1. The van der Waals surface area contributed by atoms with Crippen molar-refractivity contribution in [3.8, 4) is 0 Å². The fourth-order valence-corrected chi connectivity index (χ4v) is 3.77. The average Bonchev–Trinajstić information content (AvgIpc) is 2.75. The molecule has 0 unspecified atom stereocenters. The number of nitro groups is 1. The van der Waals surface area contributed by atoms with E-state index in [1.54, 1.807) is 4.90 Å². The molecule has 1 heterocycles. The van der Waals surface area contributed by atoms with Gasteiger partial charge in [-0.15, -0.1) is 0 Å². The SMILES string of the molecule is C=C(S/C=C\C)/C(Br)=C(\NC(=O)c1ccc([N+](=O)[O-])cc1)C(=O)N1CCCCC1. The molecule has 2 rings (SSSR count). The Morgan fingerprint density at radius 3 is 2.41 bits per heavy atom. The summed E-state index contributed by atoms with van der Waals surface area (Å²) in [4.78, 5) is 38.4. The normalized spacial score (nSPS) is 15.0. The van der Waals surface area contributed by atoms with Crippen LogP contribution in [0.3, 0.4) is 0 Å². The minimum atomic E-state index is -0.536. The molecular formula is C20H22BrN3O4S. The van der Waals surface area contributed by atoms with Crippen LogP contribution < -0.4 is 5.32 Å². The summed E-state index contributed by atoms with van der Waals surface area (Å²) in [5.41, 5.74) is 0.211. The van der Waals surface area contributed by atoms with Crippen molar-refractivity contribution in [2.45, 2.75) is 26.2 Å². The third kappa shape index (κ3) is 6.30. The van der Waals surface area contributed by atoms with Crippen molar-refractivity contribution in [3.63, 3.8) is 0 Å². The maximum Gasteiger partial charge on any atom is 0.271 e. The van der Waals surface area contributed by atoms with Gasteiger partial charge in [-0.05, 0) is 59.7 Å². The zero-order valence-corrected chi connectivity index (χ0v) is 18.4. The molecule has 1 aromatic rings. The molecule has 7 nitrogen and oxygen atoms in total. The fraction of sp³-hybridized carbons (Fsp3) is 0.300. The Kier molecular flexibility index (Phi) is 8.66. The van der Waals surface area contributed by atoms with Crippen LogP contribution in [-0.4, -0.2) is 34.7 Å². The lowest BCUT2D eigenvalue weighted by Crippen LogP contribution is -2.41. The Balaban J connectivity index is 2.30. The third-order valence-electron chi connectivity index (χ3n) is 4.25. The van der Waals surface area contributed by atoms with Crippen LogP contribution in [0.5, 0.6) is 0 Å². The van der Waals surface area contributed by atoms with Crippen molar-refractivity contribution in [1.29, 1.82) is 0 Å². The molecule has 9 heteroatoms. The molecule has 29 heavy (non-hydrogen) atoms. The summed E-state index contributed by atoms with van der Waals surface area (Å²) in [6.45, 7) is 7.09. The Morgan fingerprint density at radius 2 is 1.86 bits per heavy atom. The number of nitrogens with zero attached hydrogens (tertiary/aromatic N) is 2. The first-order chi connectivity index (χ1) is 13.8. The number of thioether (sulfide) groups is 1. The quantitative estimate of drug-likeness (QED) is 0.264. The van der Waals surface area contributed by atoms with Crippen molar-refractivity contribution >= 4 is 45.2 Å². The average molecular weight is 480 g/mol. The van der Waals surface area contributed by atoms with Crippen molar-refractivity contribution in [2.24, 2.45) is 0 Å². The fourth-order valence-electron chi connectivity index (χ4n) is 2.72. The number of hydrogen-bond acceptors (Lipinski definition) is 5. The molecule has 0 aromatic heterocycles. The van der Waals surface area contributed by atoms with Crippen LogP contribution in [0.2, 0.25) is 0 Å². The van der Waals surface area contributed by atoms with E-state index in [1.165, 1.54) is 36.0 Å². The van der Waals surface area contributed by atoms with Gasteiger partial charge in [0.25, 0.3) is 17.5 Å². The van der Waals surface area contributed by atoms with Gasteiger partial charge in [0, 0.05) is 35.7 Å². The molecule has 0 bridgehead atoms. The maximum absolute atomic E-state index is 13.1. The van der Waals surface area contributed by atoms with E-state index in [1.807, 2.05) is 18.4 Å². The first-order valence-electron chi connectivity index (χ1n) is 9.07. The highest BCUT2D eigenvalue weighted by molar-refractivity contribution is 9.12.